The molecule has 2 heterocycles. The number of hydrogen-bond acceptors (Lipinski definition) is 11. The summed E-state index contributed by atoms with van der Waals surface area (Å²) in [6.45, 7) is 8.53. The minimum Gasteiger partial charge on any atom is -0.463 e. The Labute approximate surface area is 212 Å². The van der Waals surface area contributed by atoms with Crippen LogP contribution in [0, 0.1) is 0 Å². The van der Waals surface area contributed by atoms with Crippen molar-refractivity contribution in [1.82, 2.24) is 9.55 Å². The molecule has 1 aliphatic rings. The lowest BCUT2D eigenvalue weighted by Gasteiger charge is -2.44. The van der Waals surface area contributed by atoms with E-state index >= 15 is 0 Å². The molecule has 0 saturated carbocycles. The maximum atomic E-state index is 12.1. The molecule has 11 nitrogen and oxygen atoms in total. The van der Waals surface area contributed by atoms with Gasteiger partial charge in [0.15, 0.2) is 28.9 Å². The zero-order valence-corrected chi connectivity index (χ0v) is 21.8. The Morgan fingerprint density at radius 1 is 0.917 bits per heavy atom. The molecular weight excluding hydrogens is 492 g/mol. The molecule has 1 aromatic carbocycles. The number of para-hydroxylation sites is 2. The van der Waals surface area contributed by atoms with Crippen LogP contribution in [0.25, 0.3) is 11.0 Å². The summed E-state index contributed by atoms with van der Waals surface area (Å²) < 4.78 is 29.8. The fourth-order valence-corrected chi connectivity index (χ4v) is 5.32. The molecule has 3 rings (SSSR count). The summed E-state index contributed by atoms with van der Waals surface area (Å²) in [5.41, 5.74) is 0.722. The van der Waals surface area contributed by atoms with E-state index in [0.717, 1.165) is 11.0 Å². The summed E-state index contributed by atoms with van der Waals surface area (Å²) in [7, 11) is 0. The van der Waals surface area contributed by atoms with Crippen molar-refractivity contribution in [1.29, 1.82) is 0 Å². The van der Waals surface area contributed by atoms with Gasteiger partial charge >= 0.3 is 23.9 Å². The lowest BCUT2D eigenvalue weighted by molar-refractivity contribution is -0.237. The number of imidazole rings is 1. The summed E-state index contributed by atoms with van der Waals surface area (Å²) in [4.78, 5) is 52.2. The van der Waals surface area contributed by atoms with Crippen LogP contribution in [0.1, 0.15) is 47.6 Å². The predicted molar refractivity (Wildman–Crippen MR) is 128 cm³/mol. The second-order valence-electron chi connectivity index (χ2n) is 8.53. The Morgan fingerprint density at radius 3 is 2.08 bits per heavy atom. The summed E-state index contributed by atoms with van der Waals surface area (Å²) in [6.07, 6.45) is -4.59. The second kappa shape index (κ2) is 11.7. The Kier molecular flexibility index (Phi) is 8.96. The van der Waals surface area contributed by atoms with E-state index in [9.17, 15) is 19.2 Å². The molecule has 0 bridgehead atoms. The first-order valence-electron chi connectivity index (χ1n) is 11.4. The van der Waals surface area contributed by atoms with Crippen molar-refractivity contribution < 1.29 is 42.9 Å². The summed E-state index contributed by atoms with van der Waals surface area (Å²) in [5, 5.41) is 0.576. The van der Waals surface area contributed by atoms with Gasteiger partial charge in [0, 0.05) is 33.7 Å². The van der Waals surface area contributed by atoms with Gasteiger partial charge in [0.05, 0.1) is 11.0 Å². The number of thioether (sulfide) groups is 1. The van der Waals surface area contributed by atoms with Crippen LogP contribution in [0.5, 0.6) is 0 Å². The van der Waals surface area contributed by atoms with Crippen LogP contribution in [0.4, 0.5) is 0 Å². The smallest absolute Gasteiger partial charge is 0.303 e. The van der Waals surface area contributed by atoms with Crippen molar-refractivity contribution in [3.8, 4) is 0 Å². The minimum atomic E-state index is -1.22. The largest absolute Gasteiger partial charge is 0.463 e. The fourth-order valence-electron chi connectivity index (χ4n) is 3.99. The molecule has 1 aliphatic heterocycles. The van der Waals surface area contributed by atoms with Gasteiger partial charge in [0.2, 0.25) is 0 Å². The molecular formula is C24H30N2O9S. The van der Waals surface area contributed by atoms with Crippen LogP contribution in [-0.4, -0.2) is 69.9 Å². The number of fused-ring (bicyclic) bond motifs is 1. The first kappa shape index (κ1) is 27.5. The van der Waals surface area contributed by atoms with Crippen LogP contribution < -0.4 is 0 Å². The molecule has 1 saturated heterocycles. The molecule has 5 unspecified atom stereocenters. The van der Waals surface area contributed by atoms with Crippen LogP contribution in [0.3, 0.4) is 0 Å². The zero-order valence-electron chi connectivity index (χ0n) is 21.0. The van der Waals surface area contributed by atoms with Crippen molar-refractivity contribution in [2.75, 3.05) is 6.61 Å². The van der Waals surface area contributed by atoms with Crippen molar-refractivity contribution in [2.45, 2.75) is 82.6 Å². The quantitative estimate of drug-likeness (QED) is 0.374. The topological polar surface area (TPSA) is 132 Å². The Balaban J connectivity index is 2.07. The Bertz CT molecular complexity index is 1130. The molecule has 12 heteroatoms. The molecule has 5 atom stereocenters. The van der Waals surface area contributed by atoms with E-state index < -0.39 is 53.7 Å². The van der Waals surface area contributed by atoms with E-state index in [-0.39, 0.29) is 12.6 Å². The molecule has 36 heavy (non-hydrogen) atoms. The minimum absolute atomic E-state index is 0.0329. The van der Waals surface area contributed by atoms with E-state index in [1.165, 1.54) is 39.5 Å². The number of carbonyl (C=O) groups is 4. The summed E-state index contributed by atoms with van der Waals surface area (Å²) in [5.74, 6) is -2.58. The summed E-state index contributed by atoms with van der Waals surface area (Å²) in [6, 6.07) is 7.64. The van der Waals surface area contributed by atoms with Gasteiger partial charge in [-0.15, -0.1) is 0 Å². The maximum Gasteiger partial charge on any atom is 0.303 e. The number of benzene rings is 1. The maximum absolute atomic E-state index is 12.1. The highest BCUT2D eigenvalue weighted by molar-refractivity contribution is 7.99. The first-order chi connectivity index (χ1) is 17.0. The number of rotatable bonds is 8. The lowest BCUT2D eigenvalue weighted by atomic mass is 9.99. The summed E-state index contributed by atoms with van der Waals surface area (Å²) >= 11 is 1.17. The van der Waals surface area contributed by atoms with Crippen molar-refractivity contribution in [3.05, 3.63) is 24.3 Å². The third kappa shape index (κ3) is 6.55. The van der Waals surface area contributed by atoms with Gasteiger partial charge in [0.1, 0.15) is 12.7 Å². The number of nitrogens with zero attached hydrogens (tertiary/aromatic N) is 2. The number of ether oxygens (including phenoxy) is 5. The van der Waals surface area contributed by atoms with Crippen molar-refractivity contribution in [3.63, 3.8) is 0 Å². The van der Waals surface area contributed by atoms with E-state index in [1.54, 1.807) is 0 Å². The predicted octanol–water partition coefficient (Wildman–Crippen LogP) is 2.79. The van der Waals surface area contributed by atoms with Crippen molar-refractivity contribution >= 4 is 46.7 Å². The molecule has 2 aromatic rings. The molecule has 0 amide bonds. The van der Waals surface area contributed by atoms with Gasteiger partial charge in [-0.2, -0.15) is 0 Å². The van der Waals surface area contributed by atoms with Crippen LogP contribution >= 0.6 is 11.8 Å². The normalized spacial score (nSPS) is 23.8. The van der Waals surface area contributed by atoms with Crippen LogP contribution in [-0.2, 0) is 42.9 Å². The van der Waals surface area contributed by atoms with Gasteiger partial charge in [-0.3, -0.25) is 19.2 Å². The third-order valence-corrected chi connectivity index (χ3v) is 6.36. The highest BCUT2D eigenvalue weighted by Gasteiger charge is 2.52. The fraction of sp³-hybridized carbons (Fsp3) is 0.542. The van der Waals surface area contributed by atoms with Crippen molar-refractivity contribution in [2.24, 2.45) is 0 Å². The van der Waals surface area contributed by atoms with Gasteiger partial charge < -0.3 is 28.3 Å². The highest BCUT2D eigenvalue weighted by atomic mass is 32.2. The highest BCUT2D eigenvalue weighted by Crippen LogP contribution is 2.39. The van der Waals surface area contributed by atoms with E-state index in [1.807, 2.05) is 42.7 Å². The average molecular weight is 523 g/mol. The van der Waals surface area contributed by atoms with E-state index in [4.69, 9.17) is 28.7 Å². The molecule has 196 valence electrons. The van der Waals surface area contributed by atoms with Crippen LogP contribution in [0.2, 0.25) is 0 Å². The number of carbonyl (C=O) groups excluding carboxylic acids is 4. The number of hydrogen-bond donors (Lipinski definition) is 0. The lowest BCUT2D eigenvalue weighted by Crippen LogP contribution is -2.61. The monoisotopic (exact) mass is 522 g/mol. The zero-order chi connectivity index (χ0) is 26.6. The van der Waals surface area contributed by atoms with E-state index in [2.05, 4.69) is 0 Å². The Morgan fingerprint density at radius 2 is 1.50 bits per heavy atom. The third-order valence-electron chi connectivity index (χ3n) is 5.25. The molecule has 1 aromatic heterocycles. The van der Waals surface area contributed by atoms with Gasteiger partial charge in [-0.25, -0.2) is 4.98 Å². The molecule has 0 radical (unpaired) electrons. The average Bonchev–Trinajstić information content (AvgIpc) is 3.13. The number of esters is 4. The SMILES string of the molecule is CC(=O)OCC1OC(Sc2nc3ccccc3n2C(C)C)C(OC(C)=O)C(OC(C)=O)C1OC(C)=O. The standard InChI is InChI=1S/C24H30N2O9S/c1-12(2)26-18-10-8-7-9-17(18)25-24(26)36-23-22(34-16(6)30)21(33-15(5)29)20(32-14(4)28)19(35-23)11-31-13(3)27/h7-10,12,19-23H,11H2,1-6H3. The molecule has 0 aliphatic carbocycles. The second-order valence-corrected chi connectivity index (χ2v) is 9.60. The Hall–Kier alpha value is -3.12. The first-order valence-corrected chi connectivity index (χ1v) is 12.3. The molecule has 1 fully saturated rings. The van der Waals surface area contributed by atoms with Crippen LogP contribution in [0.15, 0.2) is 29.4 Å². The van der Waals surface area contributed by atoms with Gasteiger partial charge in [-0.05, 0) is 26.0 Å². The number of aromatic nitrogens is 2. The van der Waals surface area contributed by atoms with E-state index in [0.29, 0.717) is 5.16 Å². The van der Waals surface area contributed by atoms with Gasteiger partial charge in [0.25, 0.3) is 0 Å². The molecule has 0 N–H and O–H groups in total. The van der Waals surface area contributed by atoms with Gasteiger partial charge in [-0.1, -0.05) is 23.9 Å². The molecule has 0 spiro atoms.